The van der Waals surface area contributed by atoms with E-state index in [9.17, 15) is 0 Å². The molecule has 2 aliphatic heterocycles. The number of nitrogens with zero attached hydrogens (tertiary/aromatic N) is 1. The minimum atomic E-state index is 0.168. The maximum Gasteiger partial charge on any atom is 0.0795 e. The van der Waals surface area contributed by atoms with Gasteiger partial charge < -0.3 is 15.2 Å². The van der Waals surface area contributed by atoms with Crippen molar-refractivity contribution in [3.63, 3.8) is 0 Å². The van der Waals surface area contributed by atoms with Crippen LogP contribution < -0.4 is 5.73 Å². The highest BCUT2D eigenvalue weighted by atomic mass is 32.2. The molecule has 2 fully saturated rings. The second-order valence-electron chi connectivity index (χ2n) is 5.65. The molecule has 0 aliphatic carbocycles. The number of methoxy groups -OCH3 is 1. The van der Waals surface area contributed by atoms with Gasteiger partial charge in [-0.15, -0.1) is 0 Å². The average Bonchev–Trinajstić information content (AvgIpc) is 2.87. The standard InChI is InChI=1S/C14H28N2O2S/c1-17-9-7-16(6-2-5-15)13-3-8-18-14(11-13)4-10-19-12-14/h13H,2-12,15H2,1H3. The SMILES string of the molecule is COCCN(CCCN)C1CCOC2(CCSC2)C1. The Balaban J connectivity index is 1.90. The van der Waals surface area contributed by atoms with Crippen LogP contribution in [-0.2, 0) is 9.47 Å². The molecule has 0 amide bonds. The Morgan fingerprint density at radius 1 is 1.47 bits per heavy atom. The van der Waals surface area contributed by atoms with Crippen LogP contribution in [0.4, 0.5) is 0 Å². The van der Waals surface area contributed by atoms with E-state index in [-0.39, 0.29) is 5.60 Å². The maximum atomic E-state index is 6.11. The van der Waals surface area contributed by atoms with E-state index in [4.69, 9.17) is 15.2 Å². The summed E-state index contributed by atoms with van der Waals surface area (Å²) in [5.74, 6) is 2.44. The fourth-order valence-electron chi connectivity index (χ4n) is 3.16. The number of hydrogen-bond donors (Lipinski definition) is 1. The minimum Gasteiger partial charge on any atom is -0.383 e. The van der Waals surface area contributed by atoms with Crippen molar-refractivity contribution >= 4 is 11.8 Å². The van der Waals surface area contributed by atoms with E-state index >= 15 is 0 Å². The molecule has 112 valence electrons. The number of nitrogens with two attached hydrogens (primary N) is 1. The Kier molecular flexibility index (Phi) is 6.42. The molecule has 0 bridgehead atoms. The summed E-state index contributed by atoms with van der Waals surface area (Å²) in [5.41, 5.74) is 5.83. The van der Waals surface area contributed by atoms with Gasteiger partial charge in [-0.05, 0) is 44.5 Å². The third kappa shape index (κ3) is 4.33. The summed E-state index contributed by atoms with van der Waals surface area (Å²) in [6.45, 7) is 4.60. The summed E-state index contributed by atoms with van der Waals surface area (Å²) in [5, 5.41) is 0. The van der Waals surface area contributed by atoms with Gasteiger partial charge in [0.15, 0.2) is 0 Å². The molecule has 0 aromatic carbocycles. The summed E-state index contributed by atoms with van der Waals surface area (Å²) in [7, 11) is 1.78. The van der Waals surface area contributed by atoms with Gasteiger partial charge in [0.1, 0.15) is 0 Å². The monoisotopic (exact) mass is 288 g/mol. The predicted octanol–water partition coefficient (Wildman–Crippen LogP) is 1.34. The second kappa shape index (κ2) is 7.84. The van der Waals surface area contributed by atoms with Crippen LogP contribution in [0.1, 0.15) is 25.7 Å². The van der Waals surface area contributed by atoms with Gasteiger partial charge in [0.05, 0.1) is 12.2 Å². The molecule has 19 heavy (non-hydrogen) atoms. The molecule has 2 saturated heterocycles. The molecule has 2 aliphatic rings. The lowest BCUT2D eigenvalue weighted by molar-refractivity contribution is -0.0912. The van der Waals surface area contributed by atoms with E-state index in [2.05, 4.69) is 4.90 Å². The molecule has 4 nitrogen and oxygen atoms in total. The number of thioether (sulfide) groups is 1. The molecule has 2 unspecified atom stereocenters. The molecule has 1 spiro atoms. The Bertz CT molecular complexity index is 252. The normalized spacial score (nSPS) is 31.4. The van der Waals surface area contributed by atoms with Crippen LogP contribution in [0.2, 0.25) is 0 Å². The van der Waals surface area contributed by atoms with Crippen LogP contribution in [0.25, 0.3) is 0 Å². The van der Waals surface area contributed by atoms with Gasteiger partial charge in [-0.3, -0.25) is 4.90 Å². The number of rotatable bonds is 7. The van der Waals surface area contributed by atoms with Crippen LogP contribution in [0.5, 0.6) is 0 Å². The van der Waals surface area contributed by atoms with Gasteiger partial charge in [0.2, 0.25) is 0 Å². The van der Waals surface area contributed by atoms with Crippen molar-refractivity contribution in [2.24, 2.45) is 5.73 Å². The van der Waals surface area contributed by atoms with Crippen molar-refractivity contribution in [1.82, 2.24) is 4.90 Å². The molecule has 0 saturated carbocycles. The summed E-state index contributed by atoms with van der Waals surface area (Å²) in [6.07, 6.45) is 4.64. The van der Waals surface area contributed by atoms with Gasteiger partial charge in [0.25, 0.3) is 0 Å². The van der Waals surface area contributed by atoms with Gasteiger partial charge in [-0.1, -0.05) is 0 Å². The molecule has 2 atom stereocenters. The van der Waals surface area contributed by atoms with E-state index in [0.717, 1.165) is 45.7 Å². The van der Waals surface area contributed by atoms with Crippen molar-refractivity contribution in [3.8, 4) is 0 Å². The van der Waals surface area contributed by atoms with Gasteiger partial charge in [0, 0.05) is 32.1 Å². The second-order valence-corrected chi connectivity index (χ2v) is 6.76. The van der Waals surface area contributed by atoms with Crippen LogP contribution in [0, 0.1) is 0 Å². The molecular weight excluding hydrogens is 260 g/mol. The van der Waals surface area contributed by atoms with E-state index < -0.39 is 0 Å². The Hall–Kier alpha value is 0.190. The molecule has 0 aromatic rings. The molecule has 0 aromatic heterocycles. The summed E-state index contributed by atoms with van der Waals surface area (Å²) in [4.78, 5) is 2.57. The zero-order chi connectivity index (χ0) is 13.6. The third-order valence-corrected chi connectivity index (χ3v) is 5.51. The maximum absolute atomic E-state index is 6.11. The third-order valence-electron chi connectivity index (χ3n) is 4.28. The number of hydrogen-bond acceptors (Lipinski definition) is 5. The summed E-state index contributed by atoms with van der Waals surface area (Å²) in [6, 6.07) is 0.647. The fraction of sp³-hybridized carbons (Fsp3) is 1.00. The van der Waals surface area contributed by atoms with Gasteiger partial charge in [-0.2, -0.15) is 11.8 Å². The highest BCUT2D eigenvalue weighted by Crippen LogP contribution is 2.39. The molecule has 2 rings (SSSR count). The lowest BCUT2D eigenvalue weighted by Gasteiger charge is -2.42. The lowest BCUT2D eigenvalue weighted by Crippen LogP contribution is -2.50. The minimum absolute atomic E-state index is 0.168. The highest BCUT2D eigenvalue weighted by molar-refractivity contribution is 7.99. The Morgan fingerprint density at radius 2 is 2.37 bits per heavy atom. The first kappa shape index (κ1) is 15.6. The van der Waals surface area contributed by atoms with E-state index in [1.807, 2.05) is 11.8 Å². The zero-order valence-electron chi connectivity index (χ0n) is 12.1. The highest BCUT2D eigenvalue weighted by Gasteiger charge is 2.41. The van der Waals surface area contributed by atoms with E-state index in [1.165, 1.54) is 24.3 Å². The fourth-order valence-corrected chi connectivity index (χ4v) is 4.53. The number of ether oxygens (including phenoxy) is 2. The van der Waals surface area contributed by atoms with Crippen molar-refractivity contribution in [1.29, 1.82) is 0 Å². The van der Waals surface area contributed by atoms with Gasteiger partial charge >= 0.3 is 0 Å². The van der Waals surface area contributed by atoms with Crippen LogP contribution in [0.15, 0.2) is 0 Å². The van der Waals surface area contributed by atoms with Gasteiger partial charge in [-0.25, -0.2) is 0 Å². The average molecular weight is 288 g/mol. The smallest absolute Gasteiger partial charge is 0.0795 e. The predicted molar refractivity (Wildman–Crippen MR) is 80.8 cm³/mol. The van der Waals surface area contributed by atoms with Crippen molar-refractivity contribution in [2.45, 2.75) is 37.3 Å². The lowest BCUT2D eigenvalue weighted by atomic mass is 9.89. The van der Waals surface area contributed by atoms with Crippen molar-refractivity contribution in [3.05, 3.63) is 0 Å². The first-order valence-electron chi connectivity index (χ1n) is 7.44. The molecule has 2 N–H and O–H groups in total. The van der Waals surface area contributed by atoms with Crippen molar-refractivity contribution < 1.29 is 9.47 Å². The first-order valence-corrected chi connectivity index (χ1v) is 8.60. The quantitative estimate of drug-likeness (QED) is 0.766. The van der Waals surface area contributed by atoms with Crippen LogP contribution in [0.3, 0.4) is 0 Å². The zero-order valence-corrected chi connectivity index (χ0v) is 12.9. The Labute approximate surface area is 121 Å². The van der Waals surface area contributed by atoms with E-state index in [0.29, 0.717) is 6.04 Å². The summed E-state index contributed by atoms with van der Waals surface area (Å²) >= 11 is 2.04. The topological polar surface area (TPSA) is 47.7 Å². The summed E-state index contributed by atoms with van der Waals surface area (Å²) < 4.78 is 11.4. The van der Waals surface area contributed by atoms with Crippen LogP contribution >= 0.6 is 11.8 Å². The van der Waals surface area contributed by atoms with Crippen molar-refractivity contribution in [2.75, 3.05) is 51.5 Å². The van der Waals surface area contributed by atoms with E-state index in [1.54, 1.807) is 7.11 Å². The molecule has 5 heteroatoms. The van der Waals surface area contributed by atoms with Crippen LogP contribution in [-0.4, -0.2) is 68.0 Å². The molecule has 2 heterocycles. The Morgan fingerprint density at radius 3 is 3.05 bits per heavy atom. The molecule has 0 radical (unpaired) electrons. The largest absolute Gasteiger partial charge is 0.383 e. The first-order chi connectivity index (χ1) is 9.29. The molecular formula is C14H28N2O2S.